The van der Waals surface area contributed by atoms with Gasteiger partial charge in [-0.05, 0) is 79.8 Å². The molecule has 12 nitrogen and oxygen atoms in total. The Hall–Kier alpha value is 0.388. The van der Waals surface area contributed by atoms with Crippen LogP contribution in [-0.2, 0) is 46.1 Å². The average Bonchev–Trinajstić information content (AvgIpc) is 3.00. The van der Waals surface area contributed by atoms with Gasteiger partial charge in [0.05, 0.1) is 25.4 Å². The summed E-state index contributed by atoms with van der Waals surface area (Å²) in [5, 5.41) is 0. The van der Waals surface area contributed by atoms with E-state index >= 15 is 0 Å². The Morgan fingerprint density at radius 1 is 0.609 bits per heavy atom. The molecule has 0 aliphatic carbocycles. The van der Waals surface area contributed by atoms with Crippen LogP contribution < -0.4 is 0 Å². The molecule has 2 aliphatic heterocycles. The fourth-order valence-corrected chi connectivity index (χ4v) is 14.1. The second-order valence-electron chi connectivity index (χ2n) is 11.7. The molecule has 0 N–H and O–H groups in total. The summed E-state index contributed by atoms with van der Waals surface area (Å²) in [6.45, 7) is 24.5. The first-order chi connectivity index (χ1) is 22.2. The maximum atomic E-state index is 6.48. The van der Waals surface area contributed by atoms with Gasteiger partial charge in [-0.2, -0.15) is 0 Å². The molecular weight excluding hydrogens is 661 g/mol. The van der Waals surface area contributed by atoms with Crippen LogP contribution in [-0.4, -0.2) is 174 Å². The lowest BCUT2D eigenvalue weighted by atomic mass is 10.3. The quantitative estimate of drug-likeness (QED) is 0.0708. The lowest BCUT2D eigenvalue weighted by Gasteiger charge is -2.42. The van der Waals surface area contributed by atoms with Gasteiger partial charge in [-0.1, -0.05) is 0 Å². The first-order valence-corrected chi connectivity index (χ1v) is 25.0. The van der Waals surface area contributed by atoms with E-state index < -0.39 is 17.1 Å². The van der Waals surface area contributed by atoms with Crippen molar-refractivity contribution in [3.63, 3.8) is 0 Å². The second-order valence-corrected chi connectivity index (χ2v) is 20.3. The SMILES string of the molecule is CCOC(OCC)[Si]CN1CC(COCCCCOCC2CN(C[Si]C(OCC)OCC)C[Si](C)(OCC)O2)O[Si](C)(OCC)C1. The van der Waals surface area contributed by atoms with E-state index in [1.54, 1.807) is 0 Å². The van der Waals surface area contributed by atoms with Crippen molar-refractivity contribution < 1.29 is 46.1 Å². The number of unbranched alkanes of at least 4 members (excludes halogenated alkanes) is 1. The molecule has 4 atom stereocenters. The van der Waals surface area contributed by atoms with Crippen LogP contribution in [0.2, 0.25) is 13.1 Å². The summed E-state index contributed by atoms with van der Waals surface area (Å²) in [4.78, 5) is 4.89. The number of ether oxygens (including phenoxy) is 6. The van der Waals surface area contributed by atoms with E-state index in [9.17, 15) is 0 Å². The van der Waals surface area contributed by atoms with Gasteiger partial charge in [0.25, 0.3) is 0 Å². The van der Waals surface area contributed by atoms with Crippen LogP contribution in [0.1, 0.15) is 54.4 Å². The van der Waals surface area contributed by atoms with Gasteiger partial charge in [-0.25, -0.2) is 0 Å². The van der Waals surface area contributed by atoms with Crippen LogP contribution in [0.4, 0.5) is 0 Å². The zero-order valence-electron chi connectivity index (χ0n) is 30.0. The summed E-state index contributed by atoms with van der Waals surface area (Å²) in [5.74, 6) is -0.289. The molecule has 0 bridgehead atoms. The van der Waals surface area contributed by atoms with Gasteiger partial charge in [-0.3, -0.25) is 0 Å². The van der Waals surface area contributed by atoms with Gasteiger partial charge in [0.2, 0.25) is 0 Å². The monoisotopic (exact) mass is 724 g/mol. The Bertz CT molecular complexity index is 700. The van der Waals surface area contributed by atoms with Gasteiger partial charge in [0.15, 0.2) is 0 Å². The topological polar surface area (TPSA) is 98.8 Å². The summed E-state index contributed by atoms with van der Waals surface area (Å²) in [7, 11) is -3.51. The summed E-state index contributed by atoms with van der Waals surface area (Å²) < 4.78 is 60.5. The second kappa shape index (κ2) is 24.5. The smallest absolute Gasteiger partial charge is 0.349 e. The zero-order valence-corrected chi connectivity index (χ0v) is 34.0. The zero-order chi connectivity index (χ0) is 33.7. The fourth-order valence-electron chi connectivity index (χ4n) is 5.74. The molecule has 270 valence electrons. The van der Waals surface area contributed by atoms with E-state index in [1.807, 2.05) is 41.5 Å². The number of rotatable bonds is 27. The van der Waals surface area contributed by atoms with Crippen molar-refractivity contribution >= 4 is 36.2 Å². The summed E-state index contributed by atoms with van der Waals surface area (Å²) in [5.41, 5.74) is 0. The number of hydrogen-bond acceptors (Lipinski definition) is 12. The Balaban J connectivity index is 1.71. The lowest BCUT2D eigenvalue weighted by Crippen LogP contribution is -2.61. The summed E-state index contributed by atoms with van der Waals surface area (Å²) >= 11 is 0. The molecule has 0 amide bonds. The van der Waals surface area contributed by atoms with Crippen LogP contribution in [0, 0.1) is 0 Å². The number of hydrogen-bond donors (Lipinski definition) is 0. The van der Waals surface area contributed by atoms with Crippen molar-refractivity contribution in [2.24, 2.45) is 0 Å². The fraction of sp³-hybridized carbons (Fsp3) is 1.00. The van der Waals surface area contributed by atoms with Gasteiger partial charge >= 0.3 is 17.1 Å². The normalized spacial score (nSPS) is 26.5. The van der Waals surface area contributed by atoms with Crippen LogP contribution >= 0.6 is 0 Å². The van der Waals surface area contributed by atoms with Gasteiger partial charge in [0.1, 0.15) is 30.9 Å². The molecule has 16 heteroatoms. The van der Waals surface area contributed by atoms with Crippen molar-refractivity contribution in [2.75, 3.05) is 104 Å². The van der Waals surface area contributed by atoms with Crippen LogP contribution in [0.3, 0.4) is 0 Å². The molecule has 0 aromatic heterocycles. The highest BCUT2D eigenvalue weighted by Gasteiger charge is 2.43. The van der Waals surface area contributed by atoms with E-state index in [4.69, 9.17) is 46.1 Å². The van der Waals surface area contributed by atoms with Gasteiger partial charge < -0.3 is 55.9 Å². The van der Waals surface area contributed by atoms with E-state index in [1.165, 1.54) is 0 Å². The first kappa shape index (κ1) is 42.6. The van der Waals surface area contributed by atoms with Gasteiger partial charge in [0, 0.05) is 78.3 Å². The third-order valence-electron chi connectivity index (χ3n) is 7.35. The summed E-state index contributed by atoms with van der Waals surface area (Å²) in [6.07, 6.45) is 5.39. The standard InChI is InChI=1S/C30H64N2O10Si4/c1-9-35-29(36-10-2)43-23-31-19-27(41-45(7,25-31)39-13-5)21-33-17-15-16-18-34-22-28-20-32(26-46(8,42-28)40-14-6)24-44-30(37-11-3)38-12-4/h27-30H,9-26H2,1-8H3. The average molecular weight is 725 g/mol. The molecular formula is C30H64N2O10Si4. The van der Waals surface area contributed by atoms with Crippen LogP contribution in [0.5, 0.6) is 0 Å². The molecule has 2 fully saturated rings. The Labute approximate surface area is 286 Å². The molecule has 0 spiro atoms. The molecule has 4 unspecified atom stereocenters. The molecule has 2 rings (SSSR count). The minimum absolute atomic E-state index is 0.00354. The highest BCUT2D eigenvalue weighted by molar-refractivity contribution is 6.67. The van der Waals surface area contributed by atoms with E-state index in [0.717, 1.165) is 50.6 Å². The predicted molar refractivity (Wildman–Crippen MR) is 186 cm³/mol. The Morgan fingerprint density at radius 2 is 0.978 bits per heavy atom. The Kier molecular flexibility index (Phi) is 22.7. The lowest BCUT2D eigenvalue weighted by molar-refractivity contribution is -0.0841. The molecule has 4 radical (unpaired) electrons. The predicted octanol–water partition coefficient (Wildman–Crippen LogP) is 2.53. The molecule has 46 heavy (non-hydrogen) atoms. The minimum atomic E-state index is -2.30. The largest absolute Gasteiger partial charge is 0.394 e. The van der Waals surface area contributed by atoms with E-state index in [0.29, 0.717) is 85.1 Å². The first-order valence-electron chi connectivity index (χ1n) is 17.4. The van der Waals surface area contributed by atoms with Crippen LogP contribution in [0.25, 0.3) is 0 Å². The molecule has 0 aromatic carbocycles. The third kappa shape index (κ3) is 17.4. The van der Waals surface area contributed by atoms with E-state index in [2.05, 4.69) is 22.9 Å². The van der Waals surface area contributed by atoms with Crippen molar-refractivity contribution in [3.8, 4) is 0 Å². The molecule has 0 saturated carbocycles. The molecule has 0 aromatic rings. The maximum Gasteiger partial charge on any atom is 0.349 e. The Morgan fingerprint density at radius 3 is 1.30 bits per heavy atom. The molecule has 2 saturated heterocycles. The summed E-state index contributed by atoms with van der Waals surface area (Å²) in [6, 6.07) is 0. The molecule has 2 aliphatic rings. The van der Waals surface area contributed by atoms with Crippen LogP contribution in [0.15, 0.2) is 0 Å². The highest BCUT2D eigenvalue weighted by Crippen LogP contribution is 2.21. The maximum absolute atomic E-state index is 6.48. The van der Waals surface area contributed by atoms with Gasteiger partial charge in [-0.15, -0.1) is 0 Å². The van der Waals surface area contributed by atoms with Crippen molar-refractivity contribution in [1.82, 2.24) is 9.80 Å². The van der Waals surface area contributed by atoms with Crippen molar-refractivity contribution in [3.05, 3.63) is 0 Å². The number of nitrogens with zero attached hydrogens (tertiary/aromatic N) is 2. The van der Waals surface area contributed by atoms with Crippen molar-refractivity contribution in [1.29, 1.82) is 0 Å². The molecule has 2 heterocycles. The highest BCUT2D eigenvalue weighted by atomic mass is 28.4. The minimum Gasteiger partial charge on any atom is -0.394 e. The van der Waals surface area contributed by atoms with Crippen molar-refractivity contribution in [2.45, 2.75) is 91.5 Å². The van der Waals surface area contributed by atoms with E-state index in [-0.39, 0.29) is 24.0 Å². The third-order valence-corrected chi connectivity index (χ3v) is 15.4.